The monoisotopic (exact) mass is 395 g/mol. The number of nitrogens with zero attached hydrogens (tertiary/aromatic N) is 4. The average Bonchev–Trinajstić information content (AvgIpc) is 3.27. The van der Waals surface area contributed by atoms with E-state index in [1.807, 2.05) is 18.2 Å². The third-order valence-corrected chi connectivity index (χ3v) is 6.02. The fourth-order valence-electron chi connectivity index (χ4n) is 4.56. The van der Waals surface area contributed by atoms with Gasteiger partial charge in [-0.25, -0.2) is 10.4 Å². The van der Waals surface area contributed by atoms with E-state index < -0.39 is 0 Å². The second-order valence-electron chi connectivity index (χ2n) is 7.71. The number of hydrogen-bond acceptors (Lipinski definition) is 7. The molecule has 9 heteroatoms. The van der Waals surface area contributed by atoms with Crippen molar-refractivity contribution in [3.05, 3.63) is 40.8 Å². The van der Waals surface area contributed by atoms with E-state index in [4.69, 9.17) is 10.00 Å². The van der Waals surface area contributed by atoms with Crippen LogP contribution in [0.25, 0.3) is 0 Å². The van der Waals surface area contributed by atoms with Crippen LogP contribution in [0.5, 0.6) is 5.88 Å². The Labute approximate surface area is 169 Å². The molecule has 0 radical (unpaired) electrons. The highest BCUT2D eigenvalue weighted by Crippen LogP contribution is 2.38. The average molecular weight is 395 g/mol. The van der Waals surface area contributed by atoms with Crippen LogP contribution in [-0.4, -0.2) is 39.9 Å². The normalized spacial score (nSPS) is 25.9. The minimum Gasteiger partial charge on any atom is -0.481 e. The summed E-state index contributed by atoms with van der Waals surface area (Å²) >= 11 is 0. The number of carbonyl (C=O) groups is 1. The molecule has 2 fully saturated rings. The maximum absolute atomic E-state index is 12.9. The van der Waals surface area contributed by atoms with E-state index in [-0.39, 0.29) is 23.7 Å². The molecular weight excluding hydrogens is 370 g/mol. The fraction of sp³-hybridized carbons (Fsp3) is 0.500. The van der Waals surface area contributed by atoms with Gasteiger partial charge in [-0.1, -0.05) is 0 Å². The van der Waals surface area contributed by atoms with Crippen molar-refractivity contribution in [3.8, 4) is 11.9 Å². The molecular formula is C20H25N7O2. The van der Waals surface area contributed by atoms with Crippen LogP contribution < -0.4 is 20.9 Å². The minimum absolute atomic E-state index is 0.0662. The number of hydrazine groups is 1. The molecule has 1 saturated heterocycles. The van der Waals surface area contributed by atoms with Crippen molar-refractivity contribution in [2.75, 3.05) is 7.11 Å². The maximum Gasteiger partial charge on any atom is 0.270 e. The van der Waals surface area contributed by atoms with Crippen molar-refractivity contribution in [3.63, 3.8) is 0 Å². The second-order valence-corrected chi connectivity index (χ2v) is 7.71. The van der Waals surface area contributed by atoms with Crippen LogP contribution in [0.1, 0.15) is 52.6 Å². The summed E-state index contributed by atoms with van der Waals surface area (Å²) < 4.78 is 6.75. The van der Waals surface area contributed by atoms with Crippen LogP contribution in [0.2, 0.25) is 0 Å². The Morgan fingerprint density at radius 3 is 2.97 bits per heavy atom. The predicted octanol–water partition coefficient (Wildman–Crippen LogP) is 1.12. The number of nitriles is 1. The fourth-order valence-corrected chi connectivity index (χ4v) is 4.56. The molecule has 3 heterocycles. The zero-order valence-electron chi connectivity index (χ0n) is 16.8. The van der Waals surface area contributed by atoms with Crippen LogP contribution in [0, 0.1) is 24.2 Å². The van der Waals surface area contributed by atoms with Crippen molar-refractivity contribution in [2.45, 2.75) is 44.3 Å². The first-order valence-electron chi connectivity index (χ1n) is 9.77. The van der Waals surface area contributed by atoms with E-state index in [0.717, 1.165) is 24.8 Å². The van der Waals surface area contributed by atoms with Crippen LogP contribution in [-0.2, 0) is 7.05 Å². The molecule has 2 aromatic heterocycles. The third kappa shape index (κ3) is 3.57. The largest absolute Gasteiger partial charge is 0.481 e. The number of hydrogen-bond donors (Lipinski definition) is 3. The number of methoxy groups -OCH3 is 1. The van der Waals surface area contributed by atoms with Gasteiger partial charge in [-0.15, -0.1) is 0 Å². The molecule has 4 unspecified atom stereocenters. The number of aromatic nitrogens is 3. The topological polar surface area (TPSA) is 117 Å². The SMILES string of the molecule is COc1cc(C2NNC3CCC(NC(=O)c4c(C)c(C#N)nn4C)CC32)ccn1. The van der Waals surface area contributed by atoms with Crippen molar-refractivity contribution >= 4 is 5.91 Å². The second kappa shape index (κ2) is 7.81. The number of fused-ring (bicyclic) bond motifs is 1. The molecule has 1 amide bonds. The van der Waals surface area contributed by atoms with Gasteiger partial charge in [0, 0.05) is 37.0 Å². The summed E-state index contributed by atoms with van der Waals surface area (Å²) in [5.74, 6) is 0.750. The number of aryl methyl sites for hydroxylation is 1. The van der Waals surface area contributed by atoms with Crippen molar-refractivity contribution in [2.24, 2.45) is 13.0 Å². The van der Waals surface area contributed by atoms with Crippen LogP contribution in [0.15, 0.2) is 18.3 Å². The van der Waals surface area contributed by atoms with E-state index in [9.17, 15) is 4.79 Å². The molecule has 1 aliphatic heterocycles. The van der Waals surface area contributed by atoms with Gasteiger partial charge >= 0.3 is 0 Å². The van der Waals surface area contributed by atoms with Crippen molar-refractivity contribution in [1.82, 2.24) is 30.9 Å². The van der Waals surface area contributed by atoms with Gasteiger partial charge in [-0.3, -0.25) is 14.9 Å². The van der Waals surface area contributed by atoms with Gasteiger partial charge in [0.25, 0.3) is 5.91 Å². The Bertz CT molecular complexity index is 964. The Morgan fingerprint density at radius 1 is 1.41 bits per heavy atom. The molecule has 1 saturated carbocycles. The Morgan fingerprint density at radius 2 is 2.24 bits per heavy atom. The molecule has 2 aliphatic rings. The summed E-state index contributed by atoms with van der Waals surface area (Å²) in [4.78, 5) is 17.1. The van der Waals surface area contributed by atoms with Crippen molar-refractivity contribution < 1.29 is 9.53 Å². The van der Waals surface area contributed by atoms with E-state index in [1.54, 1.807) is 27.3 Å². The molecule has 3 N–H and O–H groups in total. The summed E-state index contributed by atoms with van der Waals surface area (Å²) in [6.45, 7) is 1.76. The molecule has 4 rings (SSSR count). The zero-order chi connectivity index (χ0) is 20.5. The smallest absolute Gasteiger partial charge is 0.270 e. The summed E-state index contributed by atoms with van der Waals surface area (Å²) in [7, 11) is 3.30. The first kappa shape index (κ1) is 19.4. The van der Waals surface area contributed by atoms with E-state index in [0.29, 0.717) is 29.1 Å². The molecule has 4 atom stereocenters. The highest BCUT2D eigenvalue weighted by molar-refractivity contribution is 5.94. The number of ether oxygens (including phenoxy) is 1. The Kier molecular flexibility index (Phi) is 5.22. The van der Waals surface area contributed by atoms with Gasteiger partial charge in [0.15, 0.2) is 5.69 Å². The minimum atomic E-state index is -0.177. The highest BCUT2D eigenvalue weighted by atomic mass is 16.5. The van der Waals surface area contributed by atoms with Gasteiger partial charge in [-0.2, -0.15) is 10.4 Å². The Balaban J connectivity index is 1.48. The number of carbonyl (C=O) groups excluding carboxylic acids is 1. The lowest BCUT2D eigenvalue weighted by Crippen LogP contribution is -2.44. The van der Waals surface area contributed by atoms with E-state index in [2.05, 4.69) is 26.3 Å². The van der Waals surface area contributed by atoms with Gasteiger partial charge in [0.1, 0.15) is 11.8 Å². The Hall–Kier alpha value is -2.96. The quantitative estimate of drug-likeness (QED) is 0.710. The third-order valence-electron chi connectivity index (χ3n) is 6.02. The van der Waals surface area contributed by atoms with Crippen LogP contribution in [0.4, 0.5) is 0 Å². The molecule has 0 spiro atoms. The first-order valence-corrected chi connectivity index (χ1v) is 9.77. The highest BCUT2D eigenvalue weighted by Gasteiger charge is 2.41. The van der Waals surface area contributed by atoms with Crippen molar-refractivity contribution in [1.29, 1.82) is 5.26 Å². The van der Waals surface area contributed by atoms with Gasteiger partial charge in [0.05, 0.1) is 13.2 Å². The lowest BCUT2D eigenvalue weighted by atomic mass is 9.77. The zero-order valence-corrected chi connectivity index (χ0v) is 16.8. The number of amides is 1. The maximum atomic E-state index is 12.9. The summed E-state index contributed by atoms with van der Waals surface area (Å²) in [5.41, 5.74) is 9.28. The molecule has 152 valence electrons. The number of pyridine rings is 1. The van der Waals surface area contributed by atoms with Gasteiger partial charge in [0.2, 0.25) is 5.88 Å². The lowest BCUT2D eigenvalue weighted by molar-refractivity contribution is 0.0905. The molecule has 0 bridgehead atoms. The summed E-state index contributed by atoms with van der Waals surface area (Å²) in [6.07, 6.45) is 4.47. The standard InChI is InChI=1S/C20H25N7O2/c1-11-16(10-21)26-27(2)19(11)20(28)23-13-4-5-15-14(9-13)18(25-24-15)12-6-7-22-17(8-12)29-3/h6-8,13-15,18,24-25H,4-5,9H2,1-3H3,(H,23,28). The van der Waals surface area contributed by atoms with Gasteiger partial charge < -0.3 is 10.1 Å². The number of nitrogens with one attached hydrogen (secondary N) is 3. The van der Waals surface area contributed by atoms with Crippen LogP contribution in [0.3, 0.4) is 0 Å². The van der Waals surface area contributed by atoms with Crippen LogP contribution >= 0.6 is 0 Å². The number of rotatable bonds is 4. The molecule has 1 aliphatic carbocycles. The predicted molar refractivity (Wildman–Crippen MR) is 105 cm³/mol. The summed E-state index contributed by atoms with van der Waals surface area (Å²) in [5, 5.41) is 16.4. The summed E-state index contributed by atoms with van der Waals surface area (Å²) in [6, 6.07) is 6.53. The van der Waals surface area contributed by atoms with Gasteiger partial charge in [-0.05, 0) is 43.7 Å². The molecule has 0 aromatic carbocycles. The van der Waals surface area contributed by atoms with E-state index >= 15 is 0 Å². The molecule has 2 aromatic rings. The molecule has 29 heavy (non-hydrogen) atoms. The lowest BCUT2D eigenvalue weighted by Gasteiger charge is -2.33. The van der Waals surface area contributed by atoms with E-state index in [1.165, 1.54) is 4.68 Å². The first-order chi connectivity index (χ1) is 14.0. The molecule has 9 nitrogen and oxygen atoms in total.